The van der Waals surface area contributed by atoms with Gasteiger partial charge in [-0.05, 0) is 25.5 Å². The van der Waals surface area contributed by atoms with Gasteiger partial charge in [-0.2, -0.15) is 13.2 Å². The molecular weight excluding hydrogens is 295 g/mol. The molecule has 0 saturated carbocycles. The Morgan fingerprint density at radius 2 is 2.14 bits per heavy atom. The fraction of sp³-hybridized carbons (Fsp3) is 0.667. The lowest BCUT2D eigenvalue weighted by Crippen LogP contribution is -2.56. The summed E-state index contributed by atoms with van der Waals surface area (Å²) in [5, 5.41) is 10.3. The summed E-state index contributed by atoms with van der Waals surface area (Å²) < 4.78 is 38.4. The van der Waals surface area contributed by atoms with Crippen LogP contribution >= 0.6 is 0 Å². The summed E-state index contributed by atoms with van der Waals surface area (Å²) in [5.74, 6) is 0.507. The van der Waals surface area contributed by atoms with E-state index in [1.54, 1.807) is 0 Å². The number of aliphatic hydroxyl groups excluding tert-OH is 1. The van der Waals surface area contributed by atoms with Crippen molar-refractivity contribution in [1.82, 2.24) is 9.88 Å². The van der Waals surface area contributed by atoms with Crippen molar-refractivity contribution in [2.24, 2.45) is 0 Å². The first-order valence-corrected chi connectivity index (χ1v) is 7.64. The molecule has 0 bridgehead atoms. The summed E-state index contributed by atoms with van der Waals surface area (Å²) in [6.45, 7) is 5.57. The lowest BCUT2D eigenvalue weighted by atomic mass is 9.93. The number of hydrogen-bond donors (Lipinski definition) is 1. The van der Waals surface area contributed by atoms with Gasteiger partial charge in [-0.1, -0.05) is 6.92 Å². The summed E-state index contributed by atoms with van der Waals surface area (Å²) in [6, 6.07) is 1.16. The summed E-state index contributed by atoms with van der Waals surface area (Å²) in [5.41, 5.74) is -0.497. The molecule has 2 aliphatic heterocycles. The largest absolute Gasteiger partial charge is 0.417 e. The first-order valence-electron chi connectivity index (χ1n) is 7.64. The standard InChI is InChI=1S/C15H20F3N3O/c1-2-3-20-4-5-21-11(9-20)7-13(22)12-6-10(15(16,17)18)8-19-14(12)21/h6,8,11,13,22H,2-5,7,9H2,1H3. The highest BCUT2D eigenvalue weighted by atomic mass is 19.4. The monoisotopic (exact) mass is 315 g/mol. The van der Waals surface area contributed by atoms with E-state index in [1.165, 1.54) is 0 Å². The van der Waals surface area contributed by atoms with Gasteiger partial charge >= 0.3 is 6.18 Å². The third-order valence-corrected chi connectivity index (χ3v) is 4.46. The highest BCUT2D eigenvalue weighted by Gasteiger charge is 2.39. The van der Waals surface area contributed by atoms with Crippen molar-refractivity contribution in [1.29, 1.82) is 0 Å². The van der Waals surface area contributed by atoms with Gasteiger partial charge < -0.3 is 10.0 Å². The summed E-state index contributed by atoms with van der Waals surface area (Å²) >= 11 is 0. The van der Waals surface area contributed by atoms with Crippen LogP contribution in [0.3, 0.4) is 0 Å². The molecule has 0 radical (unpaired) electrons. The predicted octanol–water partition coefficient (Wildman–Crippen LogP) is 2.44. The van der Waals surface area contributed by atoms with E-state index in [4.69, 9.17) is 0 Å². The van der Waals surface area contributed by atoms with E-state index in [-0.39, 0.29) is 6.04 Å². The molecule has 7 heteroatoms. The molecule has 0 aliphatic carbocycles. The second-order valence-corrected chi connectivity index (χ2v) is 6.03. The van der Waals surface area contributed by atoms with E-state index in [0.29, 0.717) is 17.8 Å². The number of nitrogens with zero attached hydrogens (tertiary/aromatic N) is 3. The molecule has 0 aromatic carbocycles. The molecule has 0 spiro atoms. The van der Waals surface area contributed by atoms with Gasteiger partial charge in [-0.15, -0.1) is 0 Å². The fourth-order valence-electron chi connectivity index (χ4n) is 3.42. The first-order chi connectivity index (χ1) is 10.4. The maximum absolute atomic E-state index is 12.8. The molecule has 3 rings (SSSR count). The van der Waals surface area contributed by atoms with E-state index in [9.17, 15) is 18.3 Å². The van der Waals surface area contributed by atoms with Gasteiger partial charge in [-0.3, -0.25) is 4.90 Å². The molecule has 1 aromatic rings. The van der Waals surface area contributed by atoms with Gasteiger partial charge in [0.1, 0.15) is 5.82 Å². The van der Waals surface area contributed by atoms with Gasteiger partial charge in [0.2, 0.25) is 0 Å². The minimum atomic E-state index is -4.43. The van der Waals surface area contributed by atoms with Crippen LogP contribution < -0.4 is 4.90 Å². The lowest BCUT2D eigenvalue weighted by Gasteiger charge is -2.46. The number of alkyl halides is 3. The maximum atomic E-state index is 12.8. The van der Waals surface area contributed by atoms with Crippen LogP contribution in [0.15, 0.2) is 12.3 Å². The van der Waals surface area contributed by atoms with Gasteiger partial charge in [0.15, 0.2) is 0 Å². The second-order valence-electron chi connectivity index (χ2n) is 6.03. The average Bonchev–Trinajstić information content (AvgIpc) is 2.46. The van der Waals surface area contributed by atoms with E-state index >= 15 is 0 Å². The maximum Gasteiger partial charge on any atom is 0.417 e. The SMILES string of the molecule is CCCN1CCN2c3ncc(C(F)(F)F)cc3C(O)CC2C1. The second kappa shape index (κ2) is 5.70. The normalized spacial score (nSPS) is 25.8. The number of aliphatic hydroxyl groups is 1. The van der Waals surface area contributed by atoms with E-state index in [2.05, 4.69) is 16.8 Å². The highest BCUT2D eigenvalue weighted by molar-refractivity contribution is 5.53. The molecule has 122 valence electrons. The summed E-state index contributed by atoms with van der Waals surface area (Å²) in [7, 11) is 0. The van der Waals surface area contributed by atoms with Crippen molar-refractivity contribution in [2.45, 2.75) is 38.1 Å². The number of aromatic nitrogens is 1. The van der Waals surface area contributed by atoms with Crippen molar-refractivity contribution in [3.05, 3.63) is 23.4 Å². The molecule has 1 N–H and O–H groups in total. The molecule has 22 heavy (non-hydrogen) atoms. The Morgan fingerprint density at radius 3 is 2.82 bits per heavy atom. The van der Waals surface area contributed by atoms with Crippen molar-refractivity contribution in [3.63, 3.8) is 0 Å². The van der Waals surface area contributed by atoms with E-state index in [0.717, 1.165) is 44.9 Å². The molecule has 0 amide bonds. The van der Waals surface area contributed by atoms with Gasteiger partial charge in [0, 0.05) is 37.4 Å². The van der Waals surface area contributed by atoms with Crippen LogP contribution in [0.1, 0.15) is 37.0 Å². The number of fused-ring (bicyclic) bond motifs is 3. The molecule has 2 unspecified atom stereocenters. The Balaban J connectivity index is 1.88. The summed E-state index contributed by atoms with van der Waals surface area (Å²) in [6.07, 6.45) is -2.92. The number of hydrogen-bond acceptors (Lipinski definition) is 4. The van der Waals surface area contributed by atoms with E-state index in [1.807, 2.05) is 4.90 Å². The van der Waals surface area contributed by atoms with Crippen LogP contribution in [0.4, 0.5) is 19.0 Å². The molecule has 1 saturated heterocycles. The topological polar surface area (TPSA) is 39.6 Å². The molecular formula is C15H20F3N3O. The van der Waals surface area contributed by atoms with Gasteiger partial charge in [0.25, 0.3) is 0 Å². The third kappa shape index (κ3) is 2.79. The lowest BCUT2D eigenvalue weighted by molar-refractivity contribution is -0.137. The van der Waals surface area contributed by atoms with Crippen molar-refractivity contribution < 1.29 is 18.3 Å². The molecule has 2 atom stereocenters. The van der Waals surface area contributed by atoms with Gasteiger partial charge in [0.05, 0.1) is 11.7 Å². The van der Waals surface area contributed by atoms with Crippen molar-refractivity contribution in [2.75, 3.05) is 31.1 Å². The quantitative estimate of drug-likeness (QED) is 0.910. The zero-order valence-corrected chi connectivity index (χ0v) is 12.5. The predicted molar refractivity (Wildman–Crippen MR) is 76.7 cm³/mol. The zero-order chi connectivity index (χ0) is 15.9. The van der Waals surface area contributed by atoms with Crippen LogP contribution in [0, 0.1) is 0 Å². The van der Waals surface area contributed by atoms with Crippen LogP contribution in [0.2, 0.25) is 0 Å². The Morgan fingerprint density at radius 1 is 1.36 bits per heavy atom. The Bertz CT molecular complexity index is 549. The molecule has 3 heterocycles. The Labute approximate surface area is 127 Å². The van der Waals surface area contributed by atoms with Crippen LogP contribution in [-0.4, -0.2) is 47.2 Å². The highest BCUT2D eigenvalue weighted by Crippen LogP contribution is 2.40. The van der Waals surface area contributed by atoms with Crippen LogP contribution in [-0.2, 0) is 6.18 Å². The average molecular weight is 315 g/mol. The summed E-state index contributed by atoms with van der Waals surface area (Å²) in [4.78, 5) is 8.41. The van der Waals surface area contributed by atoms with Crippen LogP contribution in [0.5, 0.6) is 0 Å². The number of rotatable bonds is 2. The van der Waals surface area contributed by atoms with Crippen LogP contribution in [0.25, 0.3) is 0 Å². The van der Waals surface area contributed by atoms with Gasteiger partial charge in [-0.25, -0.2) is 4.98 Å². The minimum Gasteiger partial charge on any atom is -0.388 e. The molecule has 2 aliphatic rings. The number of halogens is 3. The molecule has 1 aromatic heterocycles. The minimum absolute atomic E-state index is 0.118. The Kier molecular flexibility index (Phi) is 4.03. The van der Waals surface area contributed by atoms with E-state index < -0.39 is 17.8 Å². The smallest absolute Gasteiger partial charge is 0.388 e. The Hall–Kier alpha value is -1.34. The molecule has 1 fully saturated rings. The zero-order valence-electron chi connectivity index (χ0n) is 12.5. The van der Waals surface area contributed by atoms with Crippen molar-refractivity contribution >= 4 is 5.82 Å². The third-order valence-electron chi connectivity index (χ3n) is 4.46. The fourth-order valence-corrected chi connectivity index (χ4v) is 3.42. The van der Waals surface area contributed by atoms with Crippen molar-refractivity contribution in [3.8, 4) is 0 Å². The number of anilines is 1. The first kappa shape index (κ1) is 15.6. The molecule has 4 nitrogen and oxygen atoms in total. The number of pyridine rings is 1. The number of piperazine rings is 1.